The van der Waals surface area contributed by atoms with Crippen LogP contribution in [-0.4, -0.2) is 18.0 Å². The molecule has 1 N–H and O–H groups in total. The van der Waals surface area contributed by atoms with Crippen molar-refractivity contribution in [1.82, 2.24) is 0 Å². The first-order valence-electron chi connectivity index (χ1n) is 6.31. The van der Waals surface area contributed by atoms with Crippen LogP contribution < -0.4 is 9.47 Å². The molecule has 0 saturated carbocycles. The van der Waals surface area contributed by atoms with E-state index in [0.717, 1.165) is 5.56 Å². The highest BCUT2D eigenvalue weighted by atomic mass is 35.5. The van der Waals surface area contributed by atoms with Crippen molar-refractivity contribution in [2.75, 3.05) is 7.11 Å². The molecule has 0 heterocycles. The average Bonchev–Trinajstić information content (AvgIpc) is 2.49. The molecular weight excluding hydrogens is 292 g/mol. The summed E-state index contributed by atoms with van der Waals surface area (Å²) in [5, 5.41) is 9.46. The predicted octanol–water partition coefficient (Wildman–Crippen LogP) is 3.84. The van der Waals surface area contributed by atoms with Crippen molar-refractivity contribution >= 4 is 17.4 Å². The third kappa shape index (κ3) is 3.54. The highest BCUT2D eigenvalue weighted by Gasteiger charge is 2.11. The Hall–Kier alpha value is -2.04. The molecule has 0 aliphatic rings. The van der Waals surface area contributed by atoms with Crippen LogP contribution in [0.3, 0.4) is 0 Å². The van der Waals surface area contributed by atoms with Crippen molar-refractivity contribution in [3.63, 3.8) is 0 Å². The summed E-state index contributed by atoms with van der Waals surface area (Å²) < 4.78 is 10.9. The fourth-order valence-corrected chi connectivity index (χ4v) is 2.03. The van der Waals surface area contributed by atoms with Gasteiger partial charge < -0.3 is 14.6 Å². The van der Waals surface area contributed by atoms with E-state index in [1.807, 2.05) is 0 Å². The molecule has 0 aliphatic heterocycles. The highest BCUT2D eigenvalue weighted by Crippen LogP contribution is 2.36. The van der Waals surface area contributed by atoms with Crippen molar-refractivity contribution in [3.8, 4) is 17.2 Å². The van der Waals surface area contributed by atoms with Crippen LogP contribution in [0.4, 0.5) is 0 Å². The van der Waals surface area contributed by atoms with Crippen LogP contribution in [0.5, 0.6) is 17.2 Å². The van der Waals surface area contributed by atoms with Crippen LogP contribution in [0.2, 0.25) is 5.02 Å². The number of aliphatic hydroxyl groups is 1. The largest absolute Gasteiger partial charge is 0.493 e. The molecule has 4 nitrogen and oxygen atoms in total. The summed E-state index contributed by atoms with van der Waals surface area (Å²) in [5.74, 6) is 1.34. The van der Waals surface area contributed by atoms with Gasteiger partial charge in [-0.1, -0.05) is 17.7 Å². The van der Waals surface area contributed by atoms with Gasteiger partial charge >= 0.3 is 0 Å². The SMILES string of the molecule is COc1cc(CO)ccc1Oc1ccc(C(C)=O)cc1Cl. The van der Waals surface area contributed by atoms with Crippen LogP contribution in [0.15, 0.2) is 36.4 Å². The maximum absolute atomic E-state index is 11.3. The first-order chi connectivity index (χ1) is 10.0. The molecule has 0 bridgehead atoms. The molecule has 21 heavy (non-hydrogen) atoms. The van der Waals surface area contributed by atoms with Crippen LogP contribution in [0, 0.1) is 0 Å². The quantitative estimate of drug-likeness (QED) is 0.853. The van der Waals surface area contributed by atoms with Gasteiger partial charge in [0, 0.05) is 5.56 Å². The monoisotopic (exact) mass is 306 g/mol. The van der Waals surface area contributed by atoms with Crippen LogP contribution in [0.1, 0.15) is 22.8 Å². The van der Waals surface area contributed by atoms with Gasteiger partial charge in [-0.15, -0.1) is 0 Å². The van der Waals surface area contributed by atoms with E-state index in [9.17, 15) is 4.79 Å². The summed E-state index contributed by atoms with van der Waals surface area (Å²) in [6, 6.07) is 9.97. The maximum atomic E-state index is 11.3. The van der Waals surface area contributed by atoms with Gasteiger partial charge in [-0.05, 0) is 42.8 Å². The lowest BCUT2D eigenvalue weighted by Gasteiger charge is -2.12. The zero-order chi connectivity index (χ0) is 15.4. The molecule has 2 aromatic carbocycles. The van der Waals surface area contributed by atoms with Crippen molar-refractivity contribution in [2.45, 2.75) is 13.5 Å². The topological polar surface area (TPSA) is 55.8 Å². The summed E-state index contributed by atoms with van der Waals surface area (Å²) in [4.78, 5) is 11.3. The molecule has 0 aromatic heterocycles. The number of aliphatic hydroxyl groups excluding tert-OH is 1. The van der Waals surface area contributed by atoms with Gasteiger partial charge in [0.25, 0.3) is 0 Å². The first-order valence-corrected chi connectivity index (χ1v) is 6.69. The molecule has 0 aliphatic carbocycles. The van der Waals surface area contributed by atoms with Crippen LogP contribution in [0.25, 0.3) is 0 Å². The number of carbonyl (C=O) groups is 1. The minimum absolute atomic E-state index is 0.0617. The minimum Gasteiger partial charge on any atom is -0.493 e. The lowest BCUT2D eigenvalue weighted by molar-refractivity contribution is 0.101. The Bertz CT molecular complexity index is 667. The van der Waals surface area contributed by atoms with Gasteiger partial charge in [0.05, 0.1) is 18.7 Å². The zero-order valence-corrected chi connectivity index (χ0v) is 12.5. The molecule has 2 aromatic rings. The summed E-state index contributed by atoms with van der Waals surface area (Å²) in [5.41, 5.74) is 1.24. The van der Waals surface area contributed by atoms with E-state index < -0.39 is 0 Å². The number of ether oxygens (including phenoxy) is 2. The van der Waals surface area contributed by atoms with Crippen LogP contribution >= 0.6 is 11.6 Å². The third-order valence-electron chi connectivity index (χ3n) is 2.97. The molecule has 0 spiro atoms. The molecule has 0 saturated heterocycles. The minimum atomic E-state index is -0.0787. The number of hydrogen-bond acceptors (Lipinski definition) is 4. The van der Waals surface area contributed by atoms with Gasteiger partial charge in [-0.3, -0.25) is 4.79 Å². The number of benzene rings is 2. The summed E-state index contributed by atoms with van der Waals surface area (Å²) in [6.45, 7) is 1.40. The normalized spacial score (nSPS) is 10.3. The first kappa shape index (κ1) is 15.4. The van der Waals surface area contributed by atoms with E-state index in [1.54, 1.807) is 36.4 Å². The van der Waals surface area contributed by atoms with Gasteiger partial charge in [-0.2, -0.15) is 0 Å². The van der Waals surface area contributed by atoms with Gasteiger partial charge in [0.2, 0.25) is 0 Å². The van der Waals surface area contributed by atoms with Gasteiger partial charge in [0.15, 0.2) is 17.3 Å². The smallest absolute Gasteiger partial charge is 0.169 e. The average molecular weight is 307 g/mol. The Morgan fingerprint density at radius 3 is 2.43 bits per heavy atom. The Kier molecular flexibility index (Phi) is 4.83. The van der Waals surface area contributed by atoms with E-state index in [0.29, 0.717) is 27.8 Å². The Labute approximate surface area is 127 Å². The lowest BCUT2D eigenvalue weighted by atomic mass is 10.1. The van der Waals surface area contributed by atoms with E-state index >= 15 is 0 Å². The van der Waals surface area contributed by atoms with Crippen molar-refractivity contribution in [3.05, 3.63) is 52.5 Å². The second kappa shape index (κ2) is 6.61. The van der Waals surface area contributed by atoms with Gasteiger partial charge in [-0.25, -0.2) is 0 Å². The summed E-state index contributed by atoms with van der Waals surface area (Å²) in [7, 11) is 1.52. The van der Waals surface area contributed by atoms with E-state index in [2.05, 4.69) is 0 Å². The second-order valence-corrected chi connectivity index (χ2v) is 4.85. The molecular formula is C16H15ClO4. The number of methoxy groups -OCH3 is 1. The highest BCUT2D eigenvalue weighted by molar-refractivity contribution is 6.32. The fraction of sp³-hybridized carbons (Fsp3) is 0.188. The Balaban J connectivity index is 2.32. The third-order valence-corrected chi connectivity index (χ3v) is 3.26. The number of carbonyl (C=O) groups excluding carboxylic acids is 1. The number of halogens is 1. The van der Waals surface area contributed by atoms with E-state index in [-0.39, 0.29) is 12.4 Å². The predicted molar refractivity (Wildman–Crippen MR) is 80.4 cm³/mol. The summed E-state index contributed by atoms with van der Waals surface area (Å²) >= 11 is 6.12. The molecule has 110 valence electrons. The Morgan fingerprint density at radius 1 is 1.14 bits per heavy atom. The van der Waals surface area contributed by atoms with E-state index in [1.165, 1.54) is 14.0 Å². The zero-order valence-electron chi connectivity index (χ0n) is 11.7. The van der Waals surface area contributed by atoms with Crippen molar-refractivity contribution in [1.29, 1.82) is 0 Å². The number of rotatable bonds is 5. The maximum Gasteiger partial charge on any atom is 0.169 e. The second-order valence-electron chi connectivity index (χ2n) is 4.45. The van der Waals surface area contributed by atoms with Crippen molar-refractivity contribution in [2.24, 2.45) is 0 Å². The van der Waals surface area contributed by atoms with Crippen molar-refractivity contribution < 1.29 is 19.4 Å². The molecule has 0 fully saturated rings. The van der Waals surface area contributed by atoms with Gasteiger partial charge in [0.1, 0.15) is 5.75 Å². The molecule has 0 radical (unpaired) electrons. The molecule has 2 rings (SSSR count). The molecule has 0 unspecified atom stereocenters. The Morgan fingerprint density at radius 2 is 1.86 bits per heavy atom. The number of ketones is 1. The fourth-order valence-electron chi connectivity index (χ4n) is 1.82. The van der Waals surface area contributed by atoms with E-state index in [4.69, 9.17) is 26.2 Å². The standard InChI is InChI=1S/C16H15ClO4/c1-10(19)12-4-6-14(13(17)8-12)21-15-5-3-11(9-18)7-16(15)20-2/h3-8,18H,9H2,1-2H3. The van der Waals surface area contributed by atoms with Crippen LogP contribution in [-0.2, 0) is 6.61 Å². The number of Topliss-reactive ketones (excluding diaryl/α,β-unsaturated/α-hetero) is 1. The summed E-state index contributed by atoms with van der Waals surface area (Å²) in [6.07, 6.45) is 0. The molecule has 0 amide bonds. The number of hydrogen-bond donors (Lipinski definition) is 1. The lowest BCUT2D eigenvalue weighted by Crippen LogP contribution is -1.95. The molecule has 0 atom stereocenters. The molecule has 5 heteroatoms.